The van der Waals surface area contributed by atoms with Gasteiger partial charge in [0.1, 0.15) is 11.4 Å². The van der Waals surface area contributed by atoms with E-state index in [0.717, 1.165) is 43.5 Å². The zero-order valence-corrected chi connectivity index (χ0v) is 14.8. The van der Waals surface area contributed by atoms with Gasteiger partial charge in [0.2, 0.25) is 10.0 Å². The average molecular weight is 386 g/mol. The number of hydrogen-bond donors (Lipinski definition) is 1. The largest absolute Gasteiger partial charge is 0.314 e. The predicted molar refractivity (Wildman–Crippen MR) is 87.1 cm³/mol. The minimum Gasteiger partial charge on any atom is -0.314 e. The van der Waals surface area contributed by atoms with Gasteiger partial charge in [-0.3, -0.25) is 9.58 Å². The molecule has 0 bridgehead atoms. The third-order valence-electron chi connectivity index (χ3n) is 4.37. The Hall–Kier alpha value is -0.810. The summed E-state index contributed by atoms with van der Waals surface area (Å²) in [5, 5.41) is 6.99. The fourth-order valence-electron chi connectivity index (χ4n) is 3.14. The lowest BCUT2D eigenvalue weighted by molar-refractivity contribution is 0.121. The first-order chi connectivity index (χ1) is 11.0. The molecule has 2 saturated heterocycles. The molecule has 1 aromatic heterocycles. The molecule has 138 valence electrons. The molecule has 0 radical (unpaired) electrons. The van der Waals surface area contributed by atoms with Crippen molar-refractivity contribution in [3.8, 4) is 0 Å². The van der Waals surface area contributed by atoms with E-state index in [1.807, 2.05) is 0 Å². The van der Waals surface area contributed by atoms with Crippen LogP contribution in [0, 0.1) is 0 Å². The Labute approximate surface area is 146 Å². The molecular weight excluding hydrogens is 364 g/mol. The van der Waals surface area contributed by atoms with Crippen molar-refractivity contribution < 1.29 is 17.2 Å². The molecule has 11 heteroatoms. The number of piperazine rings is 1. The van der Waals surface area contributed by atoms with Crippen LogP contribution in [0.1, 0.15) is 6.42 Å². The summed E-state index contributed by atoms with van der Waals surface area (Å²) in [4.78, 5) is 2.30. The number of hydrogen-bond acceptors (Lipinski definition) is 5. The van der Waals surface area contributed by atoms with Crippen LogP contribution in [0.4, 0.5) is 8.78 Å². The topological polar surface area (TPSA) is 70.5 Å². The number of rotatable bonds is 5. The molecule has 1 unspecified atom stereocenters. The van der Waals surface area contributed by atoms with Crippen molar-refractivity contribution in [3.05, 3.63) is 12.4 Å². The smallest absolute Gasteiger partial charge is 0.257 e. The van der Waals surface area contributed by atoms with Gasteiger partial charge in [-0.1, -0.05) is 0 Å². The number of halogens is 3. The van der Waals surface area contributed by atoms with Gasteiger partial charge in [0, 0.05) is 51.5 Å². The lowest BCUT2D eigenvalue weighted by Crippen LogP contribution is -2.49. The van der Waals surface area contributed by atoms with E-state index in [-0.39, 0.29) is 23.3 Å². The van der Waals surface area contributed by atoms with Crippen molar-refractivity contribution in [2.24, 2.45) is 0 Å². The van der Waals surface area contributed by atoms with Gasteiger partial charge in [-0.15, -0.1) is 12.4 Å². The molecule has 0 aliphatic carbocycles. The van der Waals surface area contributed by atoms with E-state index >= 15 is 0 Å². The van der Waals surface area contributed by atoms with Gasteiger partial charge in [0.15, 0.2) is 0 Å². The molecule has 2 aliphatic heterocycles. The fourth-order valence-corrected chi connectivity index (χ4v) is 4.59. The van der Waals surface area contributed by atoms with E-state index in [9.17, 15) is 17.2 Å². The fraction of sp³-hybridized carbons (Fsp3) is 0.769. The van der Waals surface area contributed by atoms with Crippen molar-refractivity contribution in [2.45, 2.75) is 30.3 Å². The van der Waals surface area contributed by atoms with Crippen LogP contribution < -0.4 is 5.32 Å². The molecule has 7 nitrogen and oxygen atoms in total. The van der Waals surface area contributed by atoms with Gasteiger partial charge in [0.05, 0.1) is 6.20 Å². The molecule has 2 aliphatic rings. The maximum atomic E-state index is 12.6. The normalized spacial score (nSPS) is 23.5. The Balaban J connectivity index is 0.00000208. The van der Waals surface area contributed by atoms with Crippen LogP contribution in [0.3, 0.4) is 0 Å². The minimum absolute atomic E-state index is 0. The van der Waals surface area contributed by atoms with Gasteiger partial charge in [-0.2, -0.15) is 9.40 Å². The predicted octanol–water partition coefficient (Wildman–Crippen LogP) is 0.238. The second-order valence-corrected chi connectivity index (χ2v) is 7.82. The monoisotopic (exact) mass is 385 g/mol. The van der Waals surface area contributed by atoms with Crippen LogP contribution in [0.25, 0.3) is 0 Å². The Bertz CT molecular complexity index is 636. The maximum Gasteiger partial charge on any atom is 0.257 e. The van der Waals surface area contributed by atoms with Crippen LogP contribution in [0.5, 0.6) is 0 Å². The summed E-state index contributed by atoms with van der Waals surface area (Å²) in [6.45, 7) is 3.99. The molecule has 1 aromatic rings. The van der Waals surface area contributed by atoms with Crippen molar-refractivity contribution in [1.29, 1.82) is 0 Å². The Morgan fingerprint density at radius 1 is 1.29 bits per heavy atom. The first-order valence-corrected chi connectivity index (χ1v) is 9.16. The average Bonchev–Trinajstić information content (AvgIpc) is 3.17. The van der Waals surface area contributed by atoms with Crippen LogP contribution in [-0.2, 0) is 16.6 Å². The Kier molecular flexibility index (Phi) is 6.54. The van der Waals surface area contributed by atoms with Crippen molar-refractivity contribution in [1.82, 2.24) is 24.3 Å². The highest BCUT2D eigenvalue weighted by molar-refractivity contribution is 7.89. The molecule has 3 rings (SSSR count). The number of sulfonamides is 1. The molecule has 0 aromatic carbocycles. The summed E-state index contributed by atoms with van der Waals surface area (Å²) in [6.07, 6.45) is 0.564. The molecule has 3 heterocycles. The zero-order valence-electron chi connectivity index (χ0n) is 13.1. The van der Waals surface area contributed by atoms with Crippen molar-refractivity contribution in [2.75, 3.05) is 39.3 Å². The van der Waals surface area contributed by atoms with Crippen molar-refractivity contribution in [3.63, 3.8) is 0 Å². The first kappa shape index (κ1) is 19.5. The molecule has 0 amide bonds. The number of aromatic nitrogens is 2. The Morgan fingerprint density at radius 3 is 2.67 bits per heavy atom. The lowest BCUT2D eigenvalue weighted by Gasteiger charge is -2.32. The second-order valence-electron chi connectivity index (χ2n) is 5.88. The highest BCUT2D eigenvalue weighted by atomic mass is 35.5. The SMILES string of the molecule is Cl.O=S(=O)(c1cnn(CC(F)F)c1)N1CCC(N2CCNCC2)C1. The standard InChI is InChI=1S/C13H21F2N5O2S.ClH/c14-13(15)10-19-9-12(7-17-19)23(21,22)20-4-1-11(8-20)18-5-2-16-3-6-18;/h7,9,11,13,16H,1-6,8,10H2;1H. The van der Waals surface area contributed by atoms with E-state index in [1.54, 1.807) is 0 Å². The third kappa shape index (κ3) is 4.23. The summed E-state index contributed by atoms with van der Waals surface area (Å²) in [7, 11) is -3.66. The maximum absolute atomic E-state index is 12.6. The van der Waals surface area contributed by atoms with E-state index in [0.29, 0.717) is 13.1 Å². The second kappa shape index (κ2) is 8.05. The molecule has 0 saturated carbocycles. The molecule has 2 fully saturated rings. The summed E-state index contributed by atoms with van der Waals surface area (Å²) in [6, 6.07) is 0.225. The van der Waals surface area contributed by atoms with E-state index < -0.39 is 23.0 Å². The summed E-state index contributed by atoms with van der Waals surface area (Å²) < 4.78 is 52.3. The third-order valence-corrected chi connectivity index (χ3v) is 6.18. The van der Waals surface area contributed by atoms with E-state index in [1.165, 1.54) is 10.5 Å². The quantitative estimate of drug-likeness (QED) is 0.786. The number of nitrogens with zero attached hydrogens (tertiary/aromatic N) is 4. The number of alkyl halides is 2. The summed E-state index contributed by atoms with van der Waals surface area (Å²) in [5.74, 6) is 0. The molecule has 0 spiro atoms. The van der Waals surface area contributed by atoms with Crippen molar-refractivity contribution >= 4 is 22.4 Å². The van der Waals surface area contributed by atoms with E-state index in [4.69, 9.17) is 0 Å². The van der Waals surface area contributed by atoms with Crippen LogP contribution >= 0.6 is 12.4 Å². The summed E-state index contributed by atoms with van der Waals surface area (Å²) >= 11 is 0. The number of nitrogens with one attached hydrogen (secondary N) is 1. The Morgan fingerprint density at radius 2 is 2.00 bits per heavy atom. The van der Waals surface area contributed by atoms with Gasteiger partial charge in [-0.25, -0.2) is 17.2 Å². The lowest BCUT2D eigenvalue weighted by atomic mass is 10.2. The van der Waals surface area contributed by atoms with Crippen LogP contribution in [0.2, 0.25) is 0 Å². The van der Waals surface area contributed by atoms with Gasteiger partial charge < -0.3 is 5.32 Å². The molecular formula is C13H22ClF2N5O2S. The first-order valence-electron chi connectivity index (χ1n) is 7.72. The molecule has 1 N–H and O–H groups in total. The molecule has 24 heavy (non-hydrogen) atoms. The van der Waals surface area contributed by atoms with Gasteiger partial charge in [-0.05, 0) is 6.42 Å². The van der Waals surface area contributed by atoms with Crippen LogP contribution in [0.15, 0.2) is 17.3 Å². The van der Waals surface area contributed by atoms with Gasteiger partial charge >= 0.3 is 0 Å². The van der Waals surface area contributed by atoms with Gasteiger partial charge in [0.25, 0.3) is 6.43 Å². The van der Waals surface area contributed by atoms with E-state index in [2.05, 4.69) is 15.3 Å². The molecule has 1 atom stereocenters. The minimum atomic E-state index is -3.66. The summed E-state index contributed by atoms with van der Waals surface area (Å²) in [5.41, 5.74) is 0. The van der Waals surface area contributed by atoms with Crippen LogP contribution in [-0.4, -0.2) is 79.1 Å². The highest BCUT2D eigenvalue weighted by Gasteiger charge is 2.36. The zero-order chi connectivity index (χ0) is 16.4. The highest BCUT2D eigenvalue weighted by Crippen LogP contribution is 2.23.